The minimum atomic E-state index is -0.564. The highest BCUT2D eigenvalue weighted by Gasteiger charge is 2.18. The molecule has 5 heteroatoms. The molecule has 0 aliphatic rings. The highest BCUT2D eigenvalue weighted by Crippen LogP contribution is 2.11. The molecule has 0 aliphatic heterocycles. The molecule has 0 fully saturated rings. The van der Waals surface area contributed by atoms with Crippen LogP contribution in [0.2, 0.25) is 0 Å². The quantitative estimate of drug-likeness (QED) is 0.882. The van der Waals surface area contributed by atoms with Crippen LogP contribution >= 0.6 is 0 Å². The summed E-state index contributed by atoms with van der Waals surface area (Å²) in [6, 6.07) is 4.41. The van der Waals surface area contributed by atoms with Gasteiger partial charge in [-0.3, -0.25) is 9.59 Å². The summed E-state index contributed by atoms with van der Waals surface area (Å²) < 4.78 is 13.7. The maximum Gasteiger partial charge on any atom is 0.257 e. The van der Waals surface area contributed by atoms with Crippen LogP contribution in [0.5, 0.6) is 0 Å². The van der Waals surface area contributed by atoms with E-state index < -0.39 is 11.7 Å². The molecule has 0 spiro atoms. The van der Waals surface area contributed by atoms with Crippen molar-refractivity contribution in [1.82, 2.24) is 10.2 Å². The van der Waals surface area contributed by atoms with Crippen molar-refractivity contribution in [2.75, 3.05) is 20.1 Å². The van der Waals surface area contributed by atoms with E-state index in [2.05, 4.69) is 5.32 Å². The van der Waals surface area contributed by atoms with Crippen molar-refractivity contribution < 1.29 is 14.0 Å². The number of hydrogen-bond donors (Lipinski definition) is 1. The fourth-order valence-corrected chi connectivity index (χ4v) is 1.61. The lowest BCUT2D eigenvalue weighted by molar-refractivity contribution is -0.121. The molecule has 0 atom stereocenters. The summed E-state index contributed by atoms with van der Waals surface area (Å²) in [5, 5.41) is 2.67. The highest BCUT2D eigenvalue weighted by atomic mass is 19.1. The number of benzene rings is 1. The van der Waals surface area contributed by atoms with Crippen molar-refractivity contribution >= 4 is 11.8 Å². The van der Waals surface area contributed by atoms with Crippen LogP contribution < -0.4 is 5.32 Å². The lowest BCUT2D eigenvalue weighted by atomic mass is 10.1. The second kappa shape index (κ2) is 6.87. The molecule has 1 aromatic rings. The average Bonchev–Trinajstić information content (AvgIpc) is 2.35. The molecular weight excluding hydrogens is 247 g/mol. The first-order valence-corrected chi connectivity index (χ1v) is 6.24. The summed E-state index contributed by atoms with van der Waals surface area (Å²) in [5.41, 5.74) is 0.730. The van der Waals surface area contributed by atoms with Gasteiger partial charge in [-0.25, -0.2) is 4.39 Å². The Balaban J connectivity index is 2.69. The maximum atomic E-state index is 13.7. The zero-order valence-corrected chi connectivity index (χ0v) is 11.5. The molecule has 0 saturated carbocycles. The molecule has 1 aromatic carbocycles. The lowest BCUT2D eigenvalue weighted by Gasteiger charge is -2.17. The van der Waals surface area contributed by atoms with E-state index in [0.717, 1.165) is 12.0 Å². The Bertz CT molecular complexity index is 475. The summed E-state index contributed by atoms with van der Waals surface area (Å²) in [6.07, 6.45) is 0.829. The summed E-state index contributed by atoms with van der Waals surface area (Å²) in [7, 11) is 1.48. The normalized spacial score (nSPS) is 10.1. The van der Waals surface area contributed by atoms with Crippen molar-refractivity contribution in [3.8, 4) is 0 Å². The summed E-state index contributed by atoms with van der Waals surface area (Å²) >= 11 is 0. The van der Waals surface area contributed by atoms with Crippen LogP contribution in [0.1, 0.15) is 29.3 Å². The predicted molar refractivity (Wildman–Crippen MR) is 71.4 cm³/mol. The van der Waals surface area contributed by atoms with Crippen molar-refractivity contribution in [3.63, 3.8) is 0 Å². The molecule has 0 bridgehead atoms. The second-order valence-corrected chi connectivity index (χ2v) is 4.49. The maximum absolute atomic E-state index is 13.7. The Labute approximate surface area is 112 Å². The number of hydrogen-bond acceptors (Lipinski definition) is 2. The molecule has 0 aromatic heterocycles. The first-order valence-electron chi connectivity index (χ1n) is 6.24. The van der Waals surface area contributed by atoms with Crippen molar-refractivity contribution in [2.45, 2.75) is 20.3 Å². The number of rotatable bonds is 5. The number of carbonyl (C=O) groups is 2. The molecule has 0 heterocycles. The standard InChI is InChI=1S/C14H19FN2O2/c1-4-7-16-13(18)9-17(3)14(19)11-6-5-10(2)8-12(11)15/h5-6,8H,4,7,9H2,1-3H3,(H,16,18). The third-order valence-corrected chi connectivity index (χ3v) is 2.65. The number of likely N-dealkylation sites (N-methyl/N-ethyl adjacent to an activating group) is 1. The number of aryl methyl sites for hydroxylation is 1. The van der Waals surface area contributed by atoms with Crippen molar-refractivity contribution in [1.29, 1.82) is 0 Å². The molecular formula is C14H19FN2O2. The molecule has 1 rings (SSSR count). The molecule has 0 radical (unpaired) electrons. The van der Waals surface area contributed by atoms with Crippen LogP contribution in [0, 0.1) is 12.7 Å². The highest BCUT2D eigenvalue weighted by molar-refractivity contribution is 5.96. The first kappa shape index (κ1) is 15.1. The molecule has 1 N–H and O–H groups in total. The lowest BCUT2D eigenvalue weighted by Crippen LogP contribution is -2.38. The third kappa shape index (κ3) is 4.35. The number of nitrogens with one attached hydrogen (secondary N) is 1. The largest absolute Gasteiger partial charge is 0.355 e. The molecule has 2 amide bonds. The zero-order chi connectivity index (χ0) is 14.4. The van der Waals surface area contributed by atoms with Gasteiger partial charge in [0.15, 0.2) is 0 Å². The smallest absolute Gasteiger partial charge is 0.257 e. The third-order valence-electron chi connectivity index (χ3n) is 2.65. The van der Waals surface area contributed by atoms with E-state index in [-0.39, 0.29) is 18.0 Å². The van der Waals surface area contributed by atoms with E-state index in [9.17, 15) is 14.0 Å². The van der Waals surface area contributed by atoms with Gasteiger partial charge in [-0.2, -0.15) is 0 Å². The van der Waals surface area contributed by atoms with Gasteiger partial charge >= 0.3 is 0 Å². The fourth-order valence-electron chi connectivity index (χ4n) is 1.61. The Morgan fingerprint density at radius 3 is 2.63 bits per heavy atom. The van der Waals surface area contributed by atoms with Gasteiger partial charge in [0, 0.05) is 13.6 Å². The molecule has 0 saturated heterocycles. The van der Waals surface area contributed by atoms with Crippen LogP contribution in [0.15, 0.2) is 18.2 Å². The first-order chi connectivity index (χ1) is 8.95. The molecule has 19 heavy (non-hydrogen) atoms. The van der Waals surface area contributed by atoms with E-state index >= 15 is 0 Å². The zero-order valence-electron chi connectivity index (χ0n) is 11.5. The Morgan fingerprint density at radius 2 is 2.05 bits per heavy atom. The van der Waals surface area contributed by atoms with Gasteiger partial charge in [0.25, 0.3) is 5.91 Å². The van der Waals surface area contributed by atoms with Crippen LogP contribution in [-0.2, 0) is 4.79 Å². The summed E-state index contributed by atoms with van der Waals surface area (Å²) in [6.45, 7) is 4.18. The monoisotopic (exact) mass is 266 g/mol. The van der Waals surface area contributed by atoms with Crippen LogP contribution in [0.3, 0.4) is 0 Å². The SMILES string of the molecule is CCCNC(=O)CN(C)C(=O)c1ccc(C)cc1F. The van der Waals surface area contributed by atoms with Gasteiger partial charge < -0.3 is 10.2 Å². The minimum absolute atomic E-state index is 0.0172. The number of amides is 2. The van der Waals surface area contributed by atoms with E-state index in [0.29, 0.717) is 6.54 Å². The Kier molecular flexibility index (Phi) is 5.48. The van der Waals surface area contributed by atoms with E-state index in [1.165, 1.54) is 24.1 Å². The fraction of sp³-hybridized carbons (Fsp3) is 0.429. The van der Waals surface area contributed by atoms with Crippen LogP contribution in [0.4, 0.5) is 4.39 Å². The molecule has 104 valence electrons. The molecule has 0 unspecified atom stereocenters. The average molecular weight is 266 g/mol. The van der Waals surface area contributed by atoms with Gasteiger partial charge in [0.05, 0.1) is 12.1 Å². The van der Waals surface area contributed by atoms with Crippen LogP contribution in [-0.4, -0.2) is 36.9 Å². The Hall–Kier alpha value is -1.91. The summed E-state index contributed by atoms with van der Waals surface area (Å²) in [4.78, 5) is 24.7. The van der Waals surface area contributed by atoms with Gasteiger partial charge in [-0.1, -0.05) is 13.0 Å². The topological polar surface area (TPSA) is 49.4 Å². The predicted octanol–water partition coefficient (Wildman–Crippen LogP) is 1.73. The van der Waals surface area contributed by atoms with Crippen molar-refractivity contribution in [3.05, 3.63) is 35.1 Å². The summed E-state index contributed by atoms with van der Waals surface area (Å²) in [5.74, 6) is -1.31. The van der Waals surface area contributed by atoms with Gasteiger partial charge in [-0.05, 0) is 31.0 Å². The van der Waals surface area contributed by atoms with E-state index in [1.807, 2.05) is 6.92 Å². The van der Waals surface area contributed by atoms with Gasteiger partial charge in [-0.15, -0.1) is 0 Å². The number of carbonyl (C=O) groups excluding carboxylic acids is 2. The number of nitrogens with zero attached hydrogens (tertiary/aromatic N) is 1. The van der Waals surface area contributed by atoms with Crippen LogP contribution in [0.25, 0.3) is 0 Å². The van der Waals surface area contributed by atoms with Gasteiger partial charge in [0.1, 0.15) is 5.82 Å². The molecule has 4 nitrogen and oxygen atoms in total. The minimum Gasteiger partial charge on any atom is -0.355 e. The van der Waals surface area contributed by atoms with Crippen molar-refractivity contribution in [2.24, 2.45) is 0 Å². The number of halogens is 1. The molecule has 0 aliphatic carbocycles. The van der Waals surface area contributed by atoms with E-state index in [1.54, 1.807) is 13.0 Å². The van der Waals surface area contributed by atoms with E-state index in [4.69, 9.17) is 0 Å². The second-order valence-electron chi connectivity index (χ2n) is 4.49. The van der Waals surface area contributed by atoms with Gasteiger partial charge in [0.2, 0.25) is 5.91 Å². The Morgan fingerprint density at radius 1 is 1.37 bits per heavy atom.